The van der Waals surface area contributed by atoms with Crippen molar-refractivity contribution in [1.29, 1.82) is 0 Å². The number of rotatable bonds is 5. The zero-order valence-electron chi connectivity index (χ0n) is 12.4. The minimum Gasteiger partial charge on any atom is -0.461 e. The number of aromatic nitrogens is 3. The van der Waals surface area contributed by atoms with Gasteiger partial charge >= 0.3 is 5.97 Å². The first-order chi connectivity index (χ1) is 10.8. The Morgan fingerprint density at radius 2 is 2.36 bits per heavy atom. The van der Waals surface area contributed by atoms with Crippen LogP contribution >= 0.6 is 0 Å². The molecule has 6 nitrogen and oxygen atoms in total. The van der Waals surface area contributed by atoms with Gasteiger partial charge in [-0.1, -0.05) is 6.07 Å². The van der Waals surface area contributed by atoms with Gasteiger partial charge < -0.3 is 9.47 Å². The van der Waals surface area contributed by atoms with E-state index in [0.29, 0.717) is 18.1 Å². The Hall–Kier alpha value is -2.21. The molecular weight excluding hydrogens is 282 g/mol. The third-order valence-corrected chi connectivity index (χ3v) is 3.66. The molecule has 0 amide bonds. The van der Waals surface area contributed by atoms with Gasteiger partial charge in [0, 0.05) is 25.4 Å². The lowest BCUT2D eigenvalue weighted by atomic mass is 10.1. The summed E-state index contributed by atoms with van der Waals surface area (Å²) >= 11 is 0. The van der Waals surface area contributed by atoms with E-state index in [1.54, 1.807) is 35.4 Å². The van der Waals surface area contributed by atoms with Crippen LogP contribution in [0.5, 0.6) is 0 Å². The molecule has 3 heterocycles. The second-order valence-corrected chi connectivity index (χ2v) is 5.26. The highest BCUT2D eigenvalue weighted by molar-refractivity contribution is 5.87. The van der Waals surface area contributed by atoms with Crippen LogP contribution in [0, 0.1) is 0 Å². The third-order valence-electron chi connectivity index (χ3n) is 3.66. The lowest BCUT2D eigenvalue weighted by Gasteiger charge is -2.22. The fraction of sp³-hybridized carbons (Fsp3) is 0.438. The van der Waals surface area contributed by atoms with Crippen molar-refractivity contribution in [2.45, 2.75) is 31.8 Å². The maximum atomic E-state index is 12.1. The summed E-state index contributed by atoms with van der Waals surface area (Å²) in [6.07, 6.45) is 9.39. The smallest absolute Gasteiger partial charge is 0.357 e. The molecule has 1 unspecified atom stereocenters. The van der Waals surface area contributed by atoms with Crippen molar-refractivity contribution in [3.05, 3.63) is 42.6 Å². The van der Waals surface area contributed by atoms with E-state index in [4.69, 9.17) is 9.47 Å². The molecule has 0 N–H and O–H groups in total. The Balaban J connectivity index is 1.54. The highest BCUT2D eigenvalue weighted by atomic mass is 16.5. The van der Waals surface area contributed by atoms with Gasteiger partial charge in [0.25, 0.3) is 0 Å². The molecule has 1 fully saturated rings. The van der Waals surface area contributed by atoms with Gasteiger partial charge in [-0.15, -0.1) is 0 Å². The summed E-state index contributed by atoms with van der Waals surface area (Å²) in [4.78, 5) is 20.3. The molecule has 0 spiro atoms. The molecule has 0 aliphatic carbocycles. The second kappa shape index (κ2) is 7.17. The van der Waals surface area contributed by atoms with Gasteiger partial charge in [0.1, 0.15) is 12.1 Å². The minimum absolute atomic E-state index is 0.215. The zero-order valence-corrected chi connectivity index (χ0v) is 12.4. The van der Waals surface area contributed by atoms with Gasteiger partial charge in [-0.25, -0.2) is 14.8 Å². The predicted octanol–water partition coefficient (Wildman–Crippen LogP) is 2.38. The van der Waals surface area contributed by atoms with Crippen LogP contribution in [0.3, 0.4) is 0 Å². The van der Waals surface area contributed by atoms with Crippen LogP contribution < -0.4 is 0 Å². The van der Waals surface area contributed by atoms with E-state index in [1.807, 2.05) is 6.07 Å². The summed E-state index contributed by atoms with van der Waals surface area (Å²) in [6, 6.07) is 5.25. The average molecular weight is 301 g/mol. The molecule has 1 saturated heterocycles. The van der Waals surface area contributed by atoms with Crippen molar-refractivity contribution in [2.24, 2.45) is 0 Å². The quantitative estimate of drug-likeness (QED) is 0.793. The molecule has 116 valence electrons. The monoisotopic (exact) mass is 301 g/mol. The normalized spacial score (nSPS) is 18.1. The fourth-order valence-corrected chi connectivity index (χ4v) is 2.47. The number of carbonyl (C=O) groups is 1. The fourth-order valence-electron chi connectivity index (χ4n) is 2.47. The van der Waals surface area contributed by atoms with Crippen LogP contribution in [-0.2, 0) is 9.47 Å². The summed E-state index contributed by atoms with van der Waals surface area (Å²) in [5.41, 5.74) is 0.302. The minimum atomic E-state index is -0.405. The van der Waals surface area contributed by atoms with Crippen molar-refractivity contribution in [2.75, 3.05) is 13.2 Å². The second-order valence-electron chi connectivity index (χ2n) is 5.26. The molecule has 1 aliphatic heterocycles. The van der Waals surface area contributed by atoms with Crippen LogP contribution in [0.1, 0.15) is 36.2 Å². The van der Waals surface area contributed by atoms with Crippen molar-refractivity contribution < 1.29 is 14.3 Å². The molecule has 1 aliphatic rings. The van der Waals surface area contributed by atoms with Gasteiger partial charge in [0.05, 0.1) is 12.7 Å². The Morgan fingerprint density at radius 3 is 3.14 bits per heavy atom. The molecule has 3 rings (SSSR count). The summed E-state index contributed by atoms with van der Waals surface area (Å²) < 4.78 is 12.7. The number of esters is 1. The van der Waals surface area contributed by atoms with E-state index >= 15 is 0 Å². The van der Waals surface area contributed by atoms with Gasteiger partial charge in [-0.05, 0) is 31.4 Å². The molecular formula is C16H19N3O3. The van der Waals surface area contributed by atoms with Crippen molar-refractivity contribution in [1.82, 2.24) is 14.5 Å². The molecule has 6 heteroatoms. The Bertz CT molecular complexity index is 607. The molecule has 22 heavy (non-hydrogen) atoms. The summed E-state index contributed by atoms with van der Waals surface area (Å²) in [6.45, 7) is 1.17. The van der Waals surface area contributed by atoms with E-state index in [1.165, 1.54) is 6.42 Å². The highest BCUT2D eigenvalue weighted by Gasteiger charge is 2.15. The Morgan fingerprint density at radius 1 is 1.41 bits per heavy atom. The third kappa shape index (κ3) is 3.71. The van der Waals surface area contributed by atoms with E-state index in [-0.39, 0.29) is 6.10 Å². The molecule has 0 aromatic carbocycles. The maximum Gasteiger partial charge on any atom is 0.357 e. The van der Waals surface area contributed by atoms with E-state index in [2.05, 4.69) is 9.97 Å². The average Bonchev–Trinajstić information content (AvgIpc) is 3.10. The van der Waals surface area contributed by atoms with Crippen LogP contribution in [-0.4, -0.2) is 39.8 Å². The Kier molecular flexibility index (Phi) is 4.80. The molecule has 2 aromatic heterocycles. The number of imidazole rings is 1. The van der Waals surface area contributed by atoms with E-state index in [9.17, 15) is 4.79 Å². The first-order valence-electron chi connectivity index (χ1n) is 7.57. The SMILES string of the molecule is O=C(OCCC1CCCCO1)c1cccc(-n2ccnc2)n1. The highest BCUT2D eigenvalue weighted by Crippen LogP contribution is 2.15. The van der Waals surface area contributed by atoms with Gasteiger partial charge in [0.15, 0.2) is 5.69 Å². The van der Waals surface area contributed by atoms with Crippen molar-refractivity contribution in [3.63, 3.8) is 0 Å². The van der Waals surface area contributed by atoms with Crippen molar-refractivity contribution >= 4 is 5.97 Å². The lowest BCUT2D eigenvalue weighted by Crippen LogP contribution is -2.21. The van der Waals surface area contributed by atoms with Crippen molar-refractivity contribution in [3.8, 4) is 5.82 Å². The molecule has 0 radical (unpaired) electrons. The topological polar surface area (TPSA) is 66.2 Å². The van der Waals surface area contributed by atoms with E-state index < -0.39 is 5.97 Å². The van der Waals surface area contributed by atoms with Gasteiger partial charge in [-0.3, -0.25) is 4.57 Å². The summed E-state index contributed by atoms with van der Waals surface area (Å²) in [5.74, 6) is 0.236. The molecule has 1 atom stereocenters. The van der Waals surface area contributed by atoms with Crippen LogP contribution in [0.4, 0.5) is 0 Å². The summed E-state index contributed by atoms with van der Waals surface area (Å²) in [5, 5.41) is 0. The lowest BCUT2D eigenvalue weighted by molar-refractivity contribution is -0.00460. The molecule has 0 saturated carbocycles. The van der Waals surface area contributed by atoms with Crippen LogP contribution in [0.25, 0.3) is 5.82 Å². The number of pyridine rings is 1. The first kappa shape index (κ1) is 14.7. The Labute approximate surface area is 129 Å². The van der Waals surface area contributed by atoms with E-state index in [0.717, 1.165) is 25.9 Å². The molecule has 2 aromatic rings. The van der Waals surface area contributed by atoms with Gasteiger partial charge in [-0.2, -0.15) is 0 Å². The first-order valence-corrected chi connectivity index (χ1v) is 7.57. The maximum absolute atomic E-state index is 12.1. The largest absolute Gasteiger partial charge is 0.461 e. The summed E-state index contributed by atoms with van der Waals surface area (Å²) in [7, 11) is 0. The number of hydrogen-bond acceptors (Lipinski definition) is 5. The number of carbonyl (C=O) groups excluding carboxylic acids is 1. The molecule has 0 bridgehead atoms. The van der Waals surface area contributed by atoms with Gasteiger partial charge in [0.2, 0.25) is 0 Å². The number of ether oxygens (including phenoxy) is 2. The number of nitrogens with zero attached hydrogens (tertiary/aromatic N) is 3. The van der Waals surface area contributed by atoms with Crippen LogP contribution in [0.2, 0.25) is 0 Å². The van der Waals surface area contributed by atoms with Crippen LogP contribution in [0.15, 0.2) is 36.9 Å². The predicted molar refractivity (Wildman–Crippen MR) is 79.8 cm³/mol. The number of hydrogen-bond donors (Lipinski definition) is 0. The standard InChI is InChI=1S/C16H19N3O3/c20-16(22-11-7-13-4-1-2-10-21-13)14-5-3-6-15(18-14)19-9-8-17-12-19/h3,5-6,8-9,12-13H,1-2,4,7,10-11H2. The zero-order chi connectivity index (χ0) is 15.2.